The molecule has 0 saturated heterocycles. The predicted octanol–water partition coefficient (Wildman–Crippen LogP) is 1.92. The molecule has 1 nitrogen and oxygen atoms in total. The molecule has 1 aromatic heterocycles. The maximum atomic E-state index is 12.2. The minimum Gasteiger partial charge on any atom is -0.190 e. The van der Waals surface area contributed by atoms with E-state index in [4.69, 9.17) is 0 Å². The molecule has 0 bridgehead atoms. The van der Waals surface area contributed by atoms with E-state index in [2.05, 4.69) is 27.0 Å². The Morgan fingerprint density at radius 1 is 1.56 bits per heavy atom. The van der Waals surface area contributed by atoms with Gasteiger partial charge in [0.1, 0.15) is 0 Å². The van der Waals surface area contributed by atoms with Crippen LogP contribution >= 0.6 is 15.9 Å². The summed E-state index contributed by atoms with van der Waals surface area (Å²) in [5.41, 5.74) is 0. The lowest BCUT2D eigenvalue weighted by atomic mass is 10.5. The van der Waals surface area contributed by atoms with Crippen LogP contribution in [0.1, 0.15) is 0 Å². The summed E-state index contributed by atoms with van der Waals surface area (Å²) in [6.07, 6.45) is 0. The minimum atomic E-state index is -0.880. The lowest BCUT2D eigenvalue weighted by molar-refractivity contribution is 0.508. The molecule has 0 saturated carbocycles. The van der Waals surface area contributed by atoms with Gasteiger partial charge in [0.2, 0.25) is 11.9 Å². The zero-order chi connectivity index (χ0) is 6.85. The summed E-state index contributed by atoms with van der Waals surface area (Å²) in [7, 11) is 0. The third kappa shape index (κ3) is 1.45. The van der Waals surface area contributed by atoms with E-state index in [1.165, 1.54) is 0 Å². The Kier molecular flexibility index (Phi) is 1.75. The van der Waals surface area contributed by atoms with Crippen molar-refractivity contribution in [3.8, 4) is 0 Å². The first-order valence-electron chi connectivity index (χ1n) is 2.09. The first kappa shape index (κ1) is 6.61. The highest BCUT2D eigenvalue weighted by Crippen LogP contribution is 2.10. The third-order valence-electron chi connectivity index (χ3n) is 0.704. The largest absolute Gasteiger partial charge is 0.230 e. The molecule has 0 aliphatic heterocycles. The van der Waals surface area contributed by atoms with Gasteiger partial charge in [-0.25, -0.2) is 0 Å². The summed E-state index contributed by atoms with van der Waals surface area (Å²) in [6, 6.07) is 3.22. The summed E-state index contributed by atoms with van der Waals surface area (Å²) in [5.74, 6) is -1.74. The van der Waals surface area contributed by atoms with Gasteiger partial charge >= 0.3 is 0 Å². The van der Waals surface area contributed by atoms with Crippen LogP contribution < -0.4 is 0 Å². The van der Waals surface area contributed by atoms with Crippen molar-refractivity contribution in [2.45, 2.75) is 0 Å². The van der Waals surface area contributed by atoms with E-state index in [1.807, 2.05) is 0 Å². The minimum absolute atomic E-state index is 0.0453. The molecule has 4 heteroatoms. The molecule has 1 heterocycles. The van der Waals surface area contributed by atoms with Crippen LogP contribution in [-0.2, 0) is 0 Å². The quantitative estimate of drug-likeness (QED) is 0.573. The highest BCUT2D eigenvalue weighted by Gasteiger charge is 1.99. The van der Waals surface area contributed by atoms with E-state index >= 15 is 0 Å². The average Bonchev–Trinajstić information content (AvgIpc) is 1.80. The van der Waals surface area contributed by atoms with Crippen molar-refractivity contribution in [2.24, 2.45) is 0 Å². The van der Waals surface area contributed by atoms with Crippen LogP contribution in [0.4, 0.5) is 8.78 Å². The van der Waals surface area contributed by atoms with Gasteiger partial charge in [-0.15, -0.1) is 0 Å². The molecule has 0 aliphatic rings. The number of aromatic nitrogens is 1. The molecule has 9 heavy (non-hydrogen) atoms. The Balaban J connectivity index is 3.17. The van der Waals surface area contributed by atoms with Crippen molar-refractivity contribution in [3.05, 3.63) is 28.5 Å². The second-order valence-electron chi connectivity index (χ2n) is 1.33. The summed E-state index contributed by atoms with van der Waals surface area (Å²) < 4.78 is 24.1. The van der Waals surface area contributed by atoms with E-state index < -0.39 is 11.9 Å². The highest BCUT2D eigenvalue weighted by atomic mass is 79.9. The van der Waals surface area contributed by atoms with Gasteiger partial charge in [-0.1, -0.05) is 0 Å². The Morgan fingerprint density at radius 2 is 2.22 bits per heavy atom. The summed E-state index contributed by atoms with van der Waals surface area (Å²) in [6.45, 7) is 0. The number of hydrogen-bond acceptors (Lipinski definition) is 1. The molecular weight excluding hydrogens is 192 g/mol. The molecule has 47 valence electrons. The topological polar surface area (TPSA) is 12.9 Å². The fourth-order valence-corrected chi connectivity index (χ4v) is 0.561. The van der Waals surface area contributed by atoms with Crippen molar-refractivity contribution in [1.82, 2.24) is 4.98 Å². The molecule has 0 amide bonds. The second kappa shape index (κ2) is 2.39. The zero-order valence-corrected chi connectivity index (χ0v) is 5.74. The standard InChI is InChI=1S/C5HBrF2N/c6-3-1-2-4(7)9-5(3)8/h2H. The number of nitrogens with zero attached hydrogens (tertiary/aromatic N) is 1. The molecule has 0 aromatic carbocycles. The van der Waals surface area contributed by atoms with Crippen molar-refractivity contribution in [1.29, 1.82) is 0 Å². The van der Waals surface area contributed by atoms with Gasteiger partial charge in [0.05, 0.1) is 4.47 Å². The van der Waals surface area contributed by atoms with Crippen LogP contribution in [0.5, 0.6) is 0 Å². The molecule has 1 rings (SSSR count). The molecule has 0 unspecified atom stereocenters. The third-order valence-corrected chi connectivity index (χ3v) is 1.26. The highest BCUT2D eigenvalue weighted by molar-refractivity contribution is 9.10. The van der Waals surface area contributed by atoms with Crippen LogP contribution in [0.2, 0.25) is 0 Å². The Morgan fingerprint density at radius 3 is 2.67 bits per heavy atom. The van der Waals surface area contributed by atoms with Crippen molar-refractivity contribution < 1.29 is 8.78 Å². The van der Waals surface area contributed by atoms with Crippen molar-refractivity contribution in [3.63, 3.8) is 0 Å². The zero-order valence-electron chi connectivity index (χ0n) is 4.16. The van der Waals surface area contributed by atoms with Crippen LogP contribution in [0, 0.1) is 18.0 Å². The van der Waals surface area contributed by atoms with E-state index in [9.17, 15) is 8.78 Å². The molecule has 1 radical (unpaired) electrons. The van der Waals surface area contributed by atoms with E-state index in [0.717, 1.165) is 6.07 Å². The number of pyridine rings is 1. The van der Waals surface area contributed by atoms with Gasteiger partial charge < -0.3 is 0 Å². The monoisotopic (exact) mass is 192 g/mol. The number of hydrogen-bond donors (Lipinski definition) is 0. The smallest absolute Gasteiger partial charge is 0.190 e. The fraction of sp³-hybridized carbons (Fsp3) is 0. The van der Waals surface area contributed by atoms with Gasteiger partial charge in [-0.3, -0.25) is 0 Å². The van der Waals surface area contributed by atoms with Crippen LogP contribution in [0.15, 0.2) is 10.5 Å². The molecule has 0 N–H and O–H groups in total. The Hall–Kier alpha value is -0.510. The summed E-state index contributed by atoms with van der Waals surface area (Å²) >= 11 is 2.77. The average molecular weight is 193 g/mol. The van der Waals surface area contributed by atoms with Gasteiger partial charge in [0, 0.05) is 12.1 Å². The fourth-order valence-electron chi connectivity index (χ4n) is 0.358. The maximum Gasteiger partial charge on any atom is 0.230 e. The van der Waals surface area contributed by atoms with Gasteiger partial charge in [-0.2, -0.15) is 13.8 Å². The van der Waals surface area contributed by atoms with E-state index in [-0.39, 0.29) is 4.47 Å². The summed E-state index contributed by atoms with van der Waals surface area (Å²) in [4.78, 5) is 2.86. The van der Waals surface area contributed by atoms with Gasteiger partial charge in [0.25, 0.3) is 0 Å². The first-order valence-corrected chi connectivity index (χ1v) is 2.88. The SMILES string of the molecule is Fc1c[c]c(Br)c(F)n1. The molecule has 0 atom stereocenters. The van der Waals surface area contributed by atoms with Crippen molar-refractivity contribution in [2.75, 3.05) is 0 Å². The second-order valence-corrected chi connectivity index (χ2v) is 2.12. The lowest BCUT2D eigenvalue weighted by Gasteiger charge is -1.88. The normalized spacial score (nSPS) is 9.67. The van der Waals surface area contributed by atoms with E-state index in [1.54, 1.807) is 0 Å². The molecular formula is C5HBrF2N. The maximum absolute atomic E-state index is 12.2. The van der Waals surface area contributed by atoms with Gasteiger partial charge in [0.15, 0.2) is 0 Å². The Labute approximate surface area is 58.8 Å². The van der Waals surface area contributed by atoms with Crippen LogP contribution in [0.3, 0.4) is 0 Å². The van der Waals surface area contributed by atoms with E-state index in [0.29, 0.717) is 0 Å². The molecule has 0 spiro atoms. The van der Waals surface area contributed by atoms with Crippen LogP contribution in [-0.4, -0.2) is 4.98 Å². The number of halogens is 3. The van der Waals surface area contributed by atoms with Crippen LogP contribution in [0.25, 0.3) is 0 Å². The Bertz CT molecular complexity index is 226. The molecule has 1 aromatic rings. The van der Waals surface area contributed by atoms with Crippen molar-refractivity contribution >= 4 is 15.9 Å². The van der Waals surface area contributed by atoms with Gasteiger partial charge in [-0.05, 0) is 15.9 Å². The first-order chi connectivity index (χ1) is 4.20. The number of rotatable bonds is 0. The lowest BCUT2D eigenvalue weighted by Crippen LogP contribution is -1.87. The molecule has 0 aliphatic carbocycles. The molecule has 0 fully saturated rings. The summed E-state index contributed by atoms with van der Waals surface area (Å²) in [5, 5.41) is 0. The predicted molar refractivity (Wildman–Crippen MR) is 30.7 cm³/mol.